The number of aromatic nitrogens is 4. The van der Waals surface area contributed by atoms with Crippen LogP contribution in [0.3, 0.4) is 0 Å². The standard InChI is InChI=1S/C50H30N4S2/c1-2-11-32(12-3-1)48-52-49(34-14-8-13-33(27-34)31-23-25-51-26-24-31)54-50(53-48)37-29-35(38-17-9-19-42-40-15-4-6-21-44(40)55-46(38)42)28-36(30-37)39-18-10-20-43-41-16-5-7-22-45(41)56-47(39)43/h1-30H. The summed E-state index contributed by atoms with van der Waals surface area (Å²) in [6.07, 6.45) is 3.64. The second-order valence-corrected chi connectivity index (χ2v) is 16.0. The number of nitrogens with zero attached hydrogens (tertiary/aromatic N) is 4. The summed E-state index contributed by atoms with van der Waals surface area (Å²) < 4.78 is 5.10. The van der Waals surface area contributed by atoms with Crippen molar-refractivity contribution in [2.75, 3.05) is 0 Å². The second-order valence-electron chi connectivity index (χ2n) is 13.8. The van der Waals surface area contributed by atoms with E-state index < -0.39 is 0 Å². The van der Waals surface area contributed by atoms with E-state index in [9.17, 15) is 0 Å². The Morgan fingerprint density at radius 3 is 1.38 bits per heavy atom. The number of pyridine rings is 1. The Bertz CT molecular complexity index is 3130. The molecule has 7 aromatic carbocycles. The molecule has 56 heavy (non-hydrogen) atoms. The van der Waals surface area contributed by atoms with E-state index in [4.69, 9.17) is 15.0 Å². The van der Waals surface area contributed by atoms with Crippen LogP contribution in [0.1, 0.15) is 0 Å². The highest BCUT2D eigenvalue weighted by Gasteiger charge is 2.19. The highest BCUT2D eigenvalue weighted by atomic mass is 32.1. The molecule has 6 heteroatoms. The fraction of sp³-hybridized carbons (Fsp3) is 0. The van der Waals surface area contributed by atoms with Crippen LogP contribution >= 0.6 is 22.7 Å². The zero-order valence-corrected chi connectivity index (χ0v) is 31.6. The summed E-state index contributed by atoms with van der Waals surface area (Å²) in [5.41, 5.74) is 9.57. The van der Waals surface area contributed by atoms with E-state index in [1.54, 1.807) is 0 Å². The van der Waals surface area contributed by atoms with Gasteiger partial charge in [-0.25, -0.2) is 15.0 Å². The van der Waals surface area contributed by atoms with Crippen molar-refractivity contribution in [3.05, 3.63) is 182 Å². The lowest BCUT2D eigenvalue weighted by atomic mass is 9.94. The molecule has 0 aliphatic heterocycles. The minimum atomic E-state index is 0.620. The van der Waals surface area contributed by atoms with Crippen LogP contribution in [-0.4, -0.2) is 19.9 Å². The molecule has 4 nitrogen and oxygen atoms in total. The van der Waals surface area contributed by atoms with Gasteiger partial charge in [0.1, 0.15) is 0 Å². The number of rotatable bonds is 6. The maximum Gasteiger partial charge on any atom is 0.164 e. The van der Waals surface area contributed by atoms with Crippen molar-refractivity contribution in [1.82, 2.24) is 19.9 Å². The van der Waals surface area contributed by atoms with Crippen molar-refractivity contribution in [3.63, 3.8) is 0 Å². The van der Waals surface area contributed by atoms with Gasteiger partial charge in [-0.1, -0.05) is 121 Å². The molecule has 0 amide bonds. The molecular formula is C50H30N4S2. The van der Waals surface area contributed by atoms with Gasteiger partial charge >= 0.3 is 0 Å². The van der Waals surface area contributed by atoms with Gasteiger partial charge in [0.25, 0.3) is 0 Å². The van der Waals surface area contributed by atoms with Crippen LogP contribution < -0.4 is 0 Å². The van der Waals surface area contributed by atoms with Crippen LogP contribution in [0.2, 0.25) is 0 Å². The molecule has 0 atom stereocenters. The molecule has 11 aromatic rings. The second kappa shape index (κ2) is 13.5. The minimum absolute atomic E-state index is 0.620. The highest BCUT2D eigenvalue weighted by Crippen LogP contribution is 2.44. The summed E-state index contributed by atoms with van der Waals surface area (Å²) in [4.78, 5) is 19.8. The molecule has 4 heterocycles. The number of hydrogen-bond donors (Lipinski definition) is 0. The molecule has 11 rings (SSSR count). The zero-order chi connectivity index (χ0) is 37.0. The van der Waals surface area contributed by atoms with E-state index in [1.165, 1.54) is 51.5 Å². The van der Waals surface area contributed by atoms with Crippen LogP contribution in [0.4, 0.5) is 0 Å². The highest BCUT2D eigenvalue weighted by molar-refractivity contribution is 7.26. The fourth-order valence-electron chi connectivity index (χ4n) is 7.75. The molecule has 0 aliphatic rings. The van der Waals surface area contributed by atoms with E-state index in [-0.39, 0.29) is 0 Å². The first-order valence-electron chi connectivity index (χ1n) is 18.5. The predicted molar refractivity (Wildman–Crippen MR) is 236 cm³/mol. The van der Waals surface area contributed by atoms with Crippen LogP contribution in [0.25, 0.3) is 108 Å². The van der Waals surface area contributed by atoms with Crippen LogP contribution in [0.15, 0.2) is 182 Å². The van der Waals surface area contributed by atoms with E-state index in [1.807, 2.05) is 65.4 Å². The van der Waals surface area contributed by atoms with Gasteiger partial charge in [0, 0.05) is 69.4 Å². The van der Waals surface area contributed by atoms with Gasteiger partial charge in [0.15, 0.2) is 17.5 Å². The van der Waals surface area contributed by atoms with Gasteiger partial charge < -0.3 is 0 Å². The van der Waals surface area contributed by atoms with Gasteiger partial charge in [-0.2, -0.15) is 0 Å². The molecule has 0 aliphatic carbocycles. The topological polar surface area (TPSA) is 51.6 Å². The first-order chi connectivity index (χ1) is 27.7. The smallest absolute Gasteiger partial charge is 0.164 e. The Labute approximate surface area is 331 Å². The third-order valence-corrected chi connectivity index (χ3v) is 12.9. The first-order valence-corrected chi connectivity index (χ1v) is 20.2. The van der Waals surface area contributed by atoms with Crippen molar-refractivity contribution in [1.29, 1.82) is 0 Å². The maximum atomic E-state index is 5.27. The lowest BCUT2D eigenvalue weighted by Gasteiger charge is -2.14. The van der Waals surface area contributed by atoms with Crippen molar-refractivity contribution in [3.8, 4) is 67.5 Å². The Kier molecular flexibility index (Phi) is 7.83. The lowest BCUT2D eigenvalue weighted by Crippen LogP contribution is -2.00. The van der Waals surface area contributed by atoms with Crippen molar-refractivity contribution < 1.29 is 0 Å². The Morgan fingerprint density at radius 2 is 0.750 bits per heavy atom. The van der Waals surface area contributed by atoms with Crippen molar-refractivity contribution in [2.45, 2.75) is 0 Å². The van der Waals surface area contributed by atoms with Gasteiger partial charge in [-0.15, -0.1) is 22.7 Å². The largest absolute Gasteiger partial charge is 0.265 e. The van der Waals surface area contributed by atoms with Gasteiger partial charge in [0.2, 0.25) is 0 Å². The SMILES string of the molecule is c1ccc(-c2nc(-c3cccc(-c4ccncc4)c3)nc(-c3cc(-c4cccc5c4sc4ccccc45)cc(-c4cccc5c4sc4ccccc45)c3)n2)cc1. The van der Waals surface area contributed by atoms with Crippen LogP contribution in [-0.2, 0) is 0 Å². The molecule has 4 aromatic heterocycles. The molecule has 0 radical (unpaired) electrons. The summed E-state index contributed by atoms with van der Waals surface area (Å²) in [6, 6.07) is 60.2. The molecule has 0 bridgehead atoms. The molecular weight excluding hydrogens is 721 g/mol. The molecule has 0 unspecified atom stereocenters. The van der Waals surface area contributed by atoms with E-state index in [0.717, 1.165) is 38.9 Å². The van der Waals surface area contributed by atoms with E-state index in [2.05, 4.69) is 145 Å². The fourth-order valence-corrected chi connectivity index (χ4v) is 10.2. The van der Waals surface area contributed by atoms with Crippen molar-refractivity contribution in [2.24, 2.45) is 0 Å². The molecule has 262 valence electrons. The Balaban J connectivity index is 1.17. The summed E-state index contributed by atoms with van der Waals surface area (Å²) >= 11 is 3.70. The van der Waals surface area contributed by atoms with E-state index >= 15 is 0 Å². The summed E-state index contributed by atoms with van der Waals surface area (Å²) in [5, 5.41) is 5.10. The van der Waals surface area contributed by atoms with Crippen LogP contribution in [0, 0.1) is 0 Å². The maximum absolute atomic E-state index is 5.27. The number of thiophene rings is 2. The summed E-state index contributed by atoms with van der Waals surface area (Å²) in [7, 11) is 0. The third kappa shape index (κ3) is 5.66. The molecule has 0 saturated carbocycles. The summed E-state index contributed by atoms with van der Waals surface area (Å²) in [5.74, 6) is 1.87. The van der Waals surface area contributed by atoms with Crippen LogP contribution in [0.5, 0.6) is 0 Å². The number of benzene rings is 7. The molecule has 0 spiro atoms. The quantitative estimate of drug-likeness (QED) is 0.170. The van der Waals surface area contributed by atoms with Gasteiger partial charge in [0.05, 0.1) is 0 Å². The lowest BCUT2D eigenvalue weighted by molar-refractivity contribution is 1.07. The molecule has 0 N–H and O–H groups in total. The predicted octanol–water partition coefficient (Wildman–Crippen LogP) is 14.0. The van der Waals surface area contributed by atoms with E-state index in [0.29, 0.717) is 17.5 Å². The number of hydrogen-bond acceptors (Lipinski definition) is 6. The molecule has 0 saturated heterocycles. The summed E-state index contributed by atoms with van der Waals surface area (Å²) in [6.45, 7) is 0. The minimum Gasteiger partial charge on any atom is -0.265 e. The number of fused-ring (bicyclic) bond motifs is 6. The normalized spacial score (nSPS) is 11.6. The monoisotopic (exact) mass is 750 g/mol. The van der Waals surface area contributed by atoms with Gasteiger partial charge in [-0.3, -0.25) is 4.98 Å². The zero-order valence-electron chi connectivity index (χ0n) is 29.9. The Hall–Kier alpha value is -6.86. The average Bonchev–Trinajstić information content (AvgIpc) is 3.86. The average molecular weight is 751 g/mol. The third-order valence-electron chi connectivity index (χ3n) is 10.4. The Morgan fingerprint density at radius 1 is 0.304 bits per heavy atom. The first kappa shape index (κ1) is 32.6. The van der Waals surface area contributed by atoms with Gasteiger partial charge in [-0.05, 0) is 81.9 Å². The molecule has 0 fully saturated rings. The van der Waals surface area contributed by atoms with Crippen molar-refractivity contribution >= 4 is 63.0 Å².